The Kier molecular flexibility index (Phi) is 4.95. The number of hydrogen-bond donors (Lipinski definition) is 1. The molecular weight excluding hydrogens is 300 g/mol. The third kappa shape index (κ3) is 4.21. The Labute approximate surface area is 123 Å². The lowest BCUT2D eigenvalue weighted by atomic mass is 10.2. The molecule has 21 heavy (non-hydrogen) atoms. The highest BCUT2D eigenvalue weighted by molar-refractivity contribution is 7.91. The monoisotopic (exact) mass is 319 g/mol. The number of benzene rings is 1. The fraction of sp³-hybridized carbons (Fsp3) is 0.571. The molecule has 0 amide bonds. The standard InChI is InChI=1S/C14H19F2NO3S/c1-17(9-13(18)11-4-5-11)8-10-2-6-12(7-3-10)21(19,20)14(15)16/h2-3,6-7,11,13-14,18H,4-5,8-9H2,1H3. The predicted octanol–water partition coefficient (Wildman–Crippen LogP) is 1.89. The van der Waals surface area contributed by atoms with E-state index >= 15 is 0 Å². The molecule has 118 valence electrons. The van der Waals surface area contributed by atoms with Crippen LogP contribution in [-0.4, -0.2) is 43.9 Å². The van der Waals surface area contributed by atoms with Gasteiger partial charge in [-0.05, 0) is 43.5 Å². The van der Waals surface area contributed by atoms with E-state index in [-0.39, 0.29) is 11.0 Å². The van der Waals surface area contributed by atoms with E-state index in [9.17, 15) is 22.3 Å². The molecule has 0 bridgehead atoms. The van der Waals surface area contributed by atoms with Crippen molar-refractivity contribution in [1.82, 2.24) is 4.90 Å². The number of aliphatic hydroxyl groups excluding tert-OH is 1. The Hall–Kier alpha value is -1.05. The average molecular weight is 319 g/mol. The minimum Gasteiger partial charge on any atom is -0.392 e. The number of alkyl halides is 2. The normalized spacial score (nSPS) is 17.4. The molecule has 1 aliphatic rings. The summed E-state index contributed by atoms with van der Waals surface area (Å²) in [7, 11) is -2.67. The summed E-state index contributed by atoms with van der Waals surface area (Å²) in [6.07, 6.45) is 1.79. The van der Waals surface area contributed by atoms with Crippen LogP contribution in [-0.2, 0) is 16.4 Å². The number of sulfone groups is 1. The fourth-order valence-electron chi connectivity index (χ4n) is 2.21. The van der Waals surface area contributed by atoms with Crippen LogP contribution in [0.25, 0.3) is 0 Å². The molecule has 7 heteroatoms. The molecule has 4 nitrogen and oxygen atoms in total. The largest absolute Gasteiger partial charge is 0.392 e. The maximum absolute atomic E-state index is 12.4. The second kappa shape index (κ2) is 6.37. The number of rotatable bonds is 7. The first-order valence-corrected chi connectivity index (χ1v) is 8.33. The van der Waals surface area contributed by atoms with Gasteiger partial charge in [0.05, 0.1) is 11.0 Å². The minimum absolute atomic E-state index is 0.339. The van der Waals surface area contributed by atoms with E-state index in [4.69, 9.17) is 0 Å². The third-order valence-electron chi connectivity index (χ3n) is 3.60. The van der Waals surface area contributed by atoms with Crippen LogP contribution in [0.1, 0.15) is 18.4 Å². The zero-order chi connectivity index (χ0) is 15.6. The van der Waals surface area contributed by atoms with Crippen molar-refractivity contribution in [3.05, 3.63) is 29.8 Å². The summed E-state index contributed by atoms with van der Waals surface area (Å²) in [4.78, 5) is 1.56. The van der Waals surface area contributed by atoms with Crippen molar-refractivity contribution in [3.8, 4) is 0 Å². The maximum atomic E-state index is 12.4. The number of likely N-dealkylation sites (N-methyl/N-ethyl adjacent to an activating group) is 1. The lowest BCUT2D eigenvalue weighted by Crippen LogP contribution is -2.30. The molecule has 1 fully saturated rings. The molecule has 2 rings (SSSR count). The van der Waals surface area contributed by atoms with Crippen LogP contribution in [0.5, 0.6) is 0 Å². The van der Waals surface area contributed by atoms with Gasteiger partial charge in [0.25, 0.3) is 0 Å². The molecule has 0 radical (unpaired) electrons. The second-order valence-electron chi connectivity index (χ2n) is 5.55. The molecular formula is C14H19F2NO3S. The van der Waals surface area contributed by atoms with Gasteiger partial charge in [0.15, 0.2) is 0 Å². The molecule has 0 aromatic heterocycles. The van der Waals surface area contributed by atoms with E-state index in [1.165, 1.54) is 24.3 Å². The van der Waals surface area contributed by atoms with E-state index in [1.807, 2.05) is 11.9 Å². The van der Waals surface area contributed by atoms with E-state index in [0.29, 0.717) is 19.0 Å². The summed E-state index contributed by atoms with van der Waals surface area (Å²) in [5, 5.41) is 9.84. The zero-order valence-corrected chi connectivity index (χ0v) is 12.6. The third-order valence-corrected chi connectivity index (χ3v) is 5.00. The van der Waals surface area contributed by atoms with Crippen LogP contribution in [0.3, 0.4) is 0 Å². The molecule has 1 N–H and O–H groups in total. The Morgan fingerprint density at radius 2 is 1.86 bits per heavy atom. The van der Waals surface area contributed by atoms with Gasteiger partial charge >= 0.3 is 5.76 Å². The summed E-state index contributed by atoms with van der Waals surface area (Å²) in [5.74, 6) is -3.01. The Morgan fingerprint density at radius 1 is 1.29 bits per heavy atom. The van der Waals surface area contributed by atoms with Gasteiger partial charge in [-0.3, -0.25) is 4.90 Å². The smallest absolute Gasteiger partial charge is 0.341 e. The highest BCUT2D eigenvalue weighted by Crippen LogP contribution is 2.32. The molecule has 1 atom stereocenters. The van der Waals surface area contributed by atoms with Gasteiger partial charge in [-0.2, -0.15) is 8.78 Å². The highest BCUT2D eigenvalue weighted by atomic mass is 32.2. The van der Waals surface area contributed by atoms with Crippen LogP contribution in [0.2, 0.25) is 0 Å². The first kappa shape index (κ1) is 16.3. The Bertz CT molecular complexity index is 570. The van der Waals surface area contributed by atoms with Crippen molar-refractivity contribution in [3.63, 3.8) is 0 Å². The summed E-state index contributed by atoms with van der Waals surface area (Å²) < 4.78 is 47.4. The van der Waals surface area contributed by atoms with Gasteiger partial charge in [0, 0.05) is 13.1 Å². The molecule has 1 unspecified atom stereocenters. The molecule has 1 saturated carbocycles. The Balaban J connectivity index is 1.95. The van der Waals surface area contributed by atoms with Crippen molar-refractivity contribution >= 4 is 9.84 Å². The predicted molar refractivity (Wildman–Crippen MR) is 74.7 cm³/mol. The van der Waals surface area contributed by atoms with Crippen molar-refractivity contribution < 1.29 is 22.3 Å². The average Bonchev–Trinajstić information content (AvgIpc) is 3.23. The zero-order valence-electron chi connectivity index (χ0n) is 11.7. The van der Waals surface area contributed by atoms with Gasteiger partial charge in [-0.25, -0.2) is 8.42 Å². The molecule has 0 saturated heterocycles. The fourth-order valence-corrected chi connectivity index (χ4v) is 2.93. The summed E-state index contributed by atoms with van der Waals surface area (Å²) in [5.41, 5.74) is 0.814. The van der Waals surface area contributed by atoms with E-state index < -0.39 is 15.6 Å². The van der Waals surface area contributed by atoms with Crippen molar-refractivity contribution in [2.45, 2.75) is 36.1 Å². The van der Waals surface area contributed by atoms with E-state index in [2.05, 4.69) is 0 Å². The molecule has 1 aliphatic carbocycles. The minimum atomic E-state index is -4.53. The van der Waals surface area contributed by atoms with Gasteiger partial charge in [0.1, 0.15) is 0 Å². The first-order chi connectivity index (χ1) is 9.80. The lowest BCUT2D eigenvalue weighted by molar-refractivity contribution is 0.104. The number of hydrogen-bond acceptors (Lipinski definition) is 4. The maximum Gasteiger partial charge on any atom is 0.341 e. The lowest BCUT2D eigenvalue weighted by Gasteiger charge is -2.20. The number of aliphatic hydroxyl groups is 1. The van der Waals surface area contributed by atoms with Crippen LogP contribution in [0.4, 0.5) is 8.78 Å². The molecule has 1 aromatic rings. The van der Waals surface area contributed by atoms with Gasteiger partial charge in [-0.15, -0.1) is 0 Å². The highest BCUT2D eigenvalue weighted by Gasteiger charge is 2.30. The number of halogens is 2. The Morgan fingerprint density at radius 3 is 2.33 bits per heavy atom. The van der Waals surface area contributed by atoms with Gasteiger partial charge in [0.2, 0.25) is 9.84 Å². The molecule has 0 spiro atoms. The van der Waals surface area contributed by atoms with Crippen molar-refractivity contribution in [1.29, 1.82) is 0 Å². The van der Waals surface area contributed by atoms with Crippen LogP contribution < -0.4 is 0 Å². The summed E-state index contributed by atoms with van der Waals surface area (Å²) in [6.45, 7) is 1.07. The number of nitrogens with zero attached hydrogens (tertiary/aromatic N) is 1. The van der Waals surface area contributed by atoms with Crippen LogP contribution >= 0.6 is 0 Å². The van der Waals surface area contributed by atoms with Crippen molar-refractivity contribution in [2.75, 3.05) is 13.6 Å². The first-order valence-electron chi connectivity index (χ1n) is 6.78. The molecule has 0 aliphatic heterocycles. The molecule has 1 aromatic carbocycles. The topological polar surface area (TPSA) is 57.6 Å². The van der Waals surface area contributed by atoms with Gasteiger partial charge in [-0.1, -0.05) is 12.1 Å². The van der Waals surface area contributed by atoms with Crippen molar-refractivity contribution in [2.24, 2.45) is 5.92 Å². The van der Waals surface area contributed by atoms with Gasteiger partial charge < -0.3 is 5.11 Å². The summed E-state index contributed by atoms with van der Waals surface area (Å²) >= 11 is 0. The van der Waals surface area contributed by atoms with E-state index in [1.54, 1.807) is 0 Å². The van der Waals surface area contributed by atoms with E-state index in [0.717, 1.165) is 18.4 Å². The quantitative estimate of drug-likeness (QED) is 0.834. The second-order valence-corrected chi connectivity index (χ2v) is 7.47. The van der Waals surface area contributed by atoms with Crippen LogP contribution in [0, 0.1) is 5.92 Å². The molecule has 0 heterocycles. The van der Waals surface area contributed by atoms with Crippen LogP contribution in [0.15, 0.2) is 29.2 Å². The summed E-state index contributed by atoms with van der Waals surface area (Å²) in [6, 6.07) is 5.44. The SMILES string of the molecule is CN(Cc1ccc(S(=O)(=O)C(F)F)cc1)CC(O)C1CC1.